The van der Waals surface area contributed by atoms with Crippen molar-refractivity contribution in [2.45, 2.75) is 57.7 Å². The first-order valence-electron chi connectivity index (χ1n) is 6.02. The molecule has 0 spiro atoms. The van der Waals surface area contributed by atoms with E-state index in [1.165, 1.54) is 12.8 Å². The van der Waals surface area contributed by atoms with Crippen LogP contribution in [0.4, 0.5) is 0 Å². The van der Waals surface area contributed by atoms with Gasteiger partial charge in [-0.3, -0.25) is 0 Å². The molecule has 2 rings (SSSR count). The first-order valence-corrected chi connectivity index (χ1v) is 6.02. The average molecular weight is 198 g/mol. The van der Waals surface area contributed by atoms with Gasteiger partial charge in [-0.2, -0.15) is 0 Å². The predicted octanol–water partition coefficient (Wildman–Crippen LogP) is 2.76. The molecule has 2 aliphatic rings. The van der Waals surface area contributed by atoms with Crippen molar-refractivity contribution in [2.75, 3.05) is 13.2 Å². The van der Waals surface area contributed by atoms with E-state index in [2.05, 4.69) is 20.8 Å². The second-order valence-corrected chi connectivity index (χ2v) is 4.57. The summed E-state index contributed by atoms with van der Waals surface area (Å²) in [7, 11) is 0. The lowest BCUT2D eigenvalue weighted by atomic mass is 9.61. The van der Waals surface area contributed by atoms with Gasteiger partial charge in [0.25, 0.3) is 0 Å². The number of rotatable bonds is 4. The molecule has 1 saturated carbocycles. The maximum absolute atomic E-state index is 6.06. The summed E-state index contributed by atoms with van der Waals surface area (Å²) in [6, 6.07) is 0. The fraction of sp³-hybridized carbons (Fsp3) is 1.00. The van der Waals surface area contributed by atoms with E-state index < -0.39 is 0 Å². The first-order chi connectivity index (χ1) is 6.74. The Kier molecular flexibility index (Phi) is 2.61. The van der Waals surface area contributed by atoms with Crippen LogP contribution >= 0.6 is 0 Å². The monoisotopic (exact) mass is 198 g/mol. The van der Waals surface area contributed by atoms with Crippen molar-refractivity contribution in [1.82, 2.24) is 0 Å². The highest BCUT2D eigenvalue weighted by molar-refractivity contribution is 5.15. The number of hydrogen-bond donors (Lipinski definition) is 0. The molecular weight excluding hydrogens is 176 g/mol. The Morgan fingerprint density at radius 3 is 2.43 bits per heavy atom. The van der Waals surface area contributed by atoms with Crippen LogP contribution in [0.1, 0.15) is 46.5 Å². The molecule has 1 heterocycles. The molecule has 0 aromatic heterocycles. The summed E-state index contributed by atoms with van der Waals surface area (Å²) in [6.07, 6.45) is 4.66. The largest absolute Gasteiger partial charge is 0.372 e. The van der Waals surface area contributed by atoms with Crippen molar-refractivity contribution in [3.8, 4) is 0 Å². The fourth-order valence-electron chi connectivity index (χ4n) is 3.44. The van der Waals surface area contributed by atoms with Gasteiger partial charge in [0.15, 0.2) is 0 Å². The van der Waals surface area contributed by atoms with Crippen molar-refractivity contribution in [1.29, 1.82) is 0 Å². The smallest absolute Gasteiger partial charge is 0.102 e. The highest BCUT2D eigenvalue weighted by atomic mass is 16.6. The Bertz CT molecular complexity index is 210. The van der Waals surface area contributed by atoms with E-state index >= 15 is 0 Å². The molecule has 0 bridgehead atoms. The van der Waals surface area contributed by atoms with Crippen molar-refractivity contribution >= 4 is 0 Å². The molecule has 14 heavy (non-hydrogen) atoms. The average Bonchev–Trinajstić information content (AvgIpc) is 2.39. The lowest BCUT2D eigenvalue weighted by Gasteiger charge is -2.52. The third-order valence-corrected chi connectivity index (χ3v) is 4.40. The third kappa shape index (κ3) is 1.04. The summed E-state index contributed by atoms with van der Waals surface area (Å²) in [5, 5.41) is 0. The number of hydrogen-bond acceptors (Lipinski definition) is 2. The molecule has 0 N–H and O–H groups in total. The molecule has 0 aromatic rings. The standard InChI is InChI=1S/C12H22O2/c1-4-11(5-2)12(13-6-3)8-7-10(12)9-14-11/h10H,4-9H2,1-3H3/t10-,12+/m0/s1. The van der Waals surface area contributed by atoms with Gasteiger partial charge in [-0.05, 0) is 32.6 Å². The van der Waals surface area contributed by atoms with Crippen LogP contribution in [-0.2, 0) is 9.47 Å². The second-order valence-electron chi connectivity index (χ2n) is 4.57. The quantitative estimate of drug-likeness (QED) is 0.691. The van der Waals surface area contributed by atoms with Gasteiger partial charge in [0.1, 0.15) is 5.60 Å². The summed E-state index contributed by atoms with van der Waals surface area (Å²) in [6.45, 7) is 8.29. The van der Waals surface area contributed by atoms with E-state index in [0.29, 0.717) is 5.92 Å². The Balaban J connectivity index is 2.24. The van der Waals surface area contributed by atoms with Gasteiger partial charge in [0, 0.05) is 12.5 Å². The highest BCUT2D eigenvalue weighted by Gasteiger charge is 2.65. The Hall–Kier alpha value is -0.0800. The summed E-state index contributed by atoms with van der Waals surface area (Å²) in [5.41, 5.74) is 0.0944. The molecule has 0 radical (unpaired) electrons. The van der Waals surface area contributed by atoms with Gasteiger partial charge in [-0.25, -0.2) is 0 Å². The summed E-state index contributed by atoms with van der Waals surface area (Å²) in [5.74, 6) is 0.669. The molecule has 82 valence electrons. The van der Waals surface area contributed by atoms with E-state index in [0.717, 1.165) is 26.1 Å². The predicted molar refractivity (Wildman–Crippen MR) is 56.3 cm³/mol. The molecule has 1 saturated heterocycles. The van der Waals surface area contributed by atoms with Gasteiger partial charge in [-0.15, -0.1) is 0 Å². The first kappa shape index (κ1) is 10.4. The molecule has 1 aliphatic heterocycles. The molecule has 2 atom stereocenters. The lowest BCUT2D eigenvalue weighted by molar-refractivity contribution is -0.198. The molecule has 2 fully saturated rings. The van der Waals surface area contributed by atoms with Crippen LogP contribution in [0.3, 0.4) is 0 Å². The van der Waals surface area contributed by atoms with Gasteiger partial charge < -0.3 is 9.47 Å². The number of fused-ring (bicyclic) bond motifs is 1. The topological polar surface area (TPSA) is 18.5 Å². The van der Waals surface area contributed by atoms with Gasteiger partial charge in [0.2, 0.25) is 0 Å². The van der Waals surface area contributed by atoms with Crippen molar-refractivity contribution in [2.24, 2.45) is 5.92 Å². The normalized spacial score (nSPS) is 39.2. The van der Waals surface area contributed by atoms with Crippen molar-refractivity contribution < 1.29 is 9.47 Å². The summed E-state index contributed by atoms with van der Waals surface area (Å²) < 4.78 is 12.1. The minimum Gasteiger partial charge on any atom is -0.372 e. The fourth-order valence-corrected chi connectivity index (χ4v) is 3.44. The Morgan fingerprint density at radius 2 is 2.00 bits per heavy atom. The zero-order valence-electron chi connectivity index (χ0n) is 9.64. The minimum atomic E-state index is 0.0198. The molecule has 2 heteroatoms. The highest BCUT2D eigenvalue weighted by Crippen LogP contribution is 2.57. The lowest BCUT2D eigenvalue weighted by Crippen LogP contribution is -2.60. The van der Waals surface area contributed by atoms with Gasteiger partial charge in [0.05, 0.1) is 12.2 Å². The van der Waals surface area contributed by atoms with E-state index in [-0.39, 0.29) is 11.2 Å². The van der Waals surface area contributed by atoms with Crippen LogP contribution in [0, 0.1) is 5.92 Å². The van der Waals surface area contributed by atoms with E-state index in [1.54, 1.807) is 0 Å². The zero-order valence-corrected chi connectivity index (χ0v) is 9.64. The Labute approximate surface area is 87.0 Å². The maximum Gasteiger partial charge on any atom is 0.102 e. The van der Waals surface area contributed by atoms with Gasteiger partial charge in [-0.1, -0.05) is 13.8 Å². The van der Waals surface area contributed by atoms with E-state index in [1.807, 2.05) is 0 Å². The molecule has 0 amide bonds. The van der Waals surface area contributed by atoms with Crippen LogP contribution in [0.2, 0.25) is 0 Å². The second kappa shape index (κ2) is 3.49. The molecule has 2 nitrogen and oxygen atoms in total. The third-order valence-electron chi connectivity index (χ3n) is 4.40. The van der Waals surface area contributed by atoms with Crippen LogP contribution in [-0.4, -0.2) is 24.4 Å². The van der Waals surface area contributed by atoms with Crippen LogP contribution in [0.5, 0.6) is 0 Å². The van der Waals surface area contributed by atoms with Crippen LogP contribution < -0.4 is 0 Å². The molecule has 0 aromatic carbocycles. The van der Waals surface area contributed by atoms with Crippen molar-refractivity contribution in [3.05, 3.63) is 0 Å². The van der Waals surface area contributed by atoms with E-state index in [4.69, 9.17) is 9.47 Å². The van der Waals surface area contributed by atoms with Crippen LogP contribution in [0.15, 0.2) is 0 Å². The molecule has 0 unspecified atom stereocenters. The van der Waals surface area contributed by atoms with Crippen LogP contribution in [0.25, 0.3) is 0 Å². The number of ether oxygens (including phenoxy) is 2. The van der Waals surface area contributed by atoms with Crippen molar-refractivity contribution in [3.63, 3.8) is 0 Å². The minimum absolute atomic E-state index is 0.0198. The summed E-state index contributed by atoms with van der Waals surface area (Å²) >= 11 is 0. The SMILES string of the molecule is CCO[C@]12CC[C@H]1COC2(CC)CC. The zero-order chi connectivity index (χ0) is 10.2. The summed E-state index contributed by atoms with van der Waals surface area (Å²) in [4.78, 5) is 0. The molecular formula is C12H22O2. The maximum atomic E-state index is 6.06. The van der Waals surface area contributed by atoms with E-state index in [9.17, 15) is 0 Å². The Morgan fingerprint density at radius 1 is 1.29 bits per heavy atom. The van der Waals surface area contributed by atoms with Gasteiger partial charge >= 0.3 is 0 Å². The molecule has 1 aliphatic carbocycles.